The Kier molecular flexibility index (Phi) is 2.95. The Hall–Kier alpha value is -0.830. The third-order valence-corrected chi connectivity index (χ3v) is 4.69. The Morgan fingerprint density at radius 1 is 1.18 bits per heavy atom. The Labute approximate surface area is 110 Å². The van der Waals surface area contributed by atoms with Gasteiger partial charge in [0.15, 0.2) is 0 Å². The van der Waals surface area contributed by atoms with Gasteiger partial charge in [-0.1, -0.05) is 22.4 Å². The van der Waals surface area contributed by atoms with E-state index in [1.54, 1.807) is 0 Å². The van der Waals surface area contributed by atoms with Crippen LogP contribution in [0.3, 0.4) is 0 Å². The van der Waals surface area contributed by atoms with Crippen molar-refractivity contribution in [3.63, 3.8) is 0 Å². The molecule has 0 saturated heterocycles. The Bertz CT molecular complexity index is 428. The molecule has 2 nitrogen and oxygen atoms in total. The maximum atomic E-state index is 12.1. The monoisotopic (exact) mass is 293 g/mol. The molecule has 2 saturated carbocycles. The van der Waals surface area contributed by atoms with Crippen LogP contribution in [0.5, 0.6) is 0 Å². The zero-order valence-corrected chi connectivity index (χ0v) is 11.2. The van der Waals surface area contributed by atoms with E-state index in [0.717, 1.165) is 21.9 Å². The van der Waals surface area contributed by atoms with Gasteiger partial charge in [-0.25, -0.2) is 0 Å². The van der Waals surface area contributed by atoms with Gasteiger partial charge in [-0.2, -0.15) is 0 Å². The molecule has 3 rings (SSSR count). The number of rotatable bonds is 2. The standard InChI is InChI=1S/C14H16BrNO/c15-12-5-3-10(4-6-12)14(17)16-13-8-9-1-2-11(13)7-9/h3-6,9,11,13H,1-2,7-8H2,(H,16,17)/t9-,11-,13+/m0/s1. The summed E-state index contributed by atoms with van der Waals surface area (Å²) in [6, 6.07) is 7.98. The minimum Gasteiger partial charge on any atom is -0.349 e. The predicted octanol–water partition coefficient (Wildman–Crippen LogP) is 3.37. The van der Waals surface area contributed by atoms with Crippen molar-refractivity contribution in [3.8, 4) is 0 Å². The second-order valence-electron chi connectivity index (χ2n) is 5.26. The second-order valence-corrected chi connectivity index (χ2v) is 6.18. The van der Waals surface area contributed by atoms with Gasteiger partial charge in [-0.3, -0.25) is 4.79 Å². The number of hydrogen-bond donors (Lipinski definition) is 1. The highest BCUT2D eigenvalue weighted by molar-refractivity contribution is 9.10. The third kappa shape index (κ3) is 2.25. The lowest BCUT2D eigenvalue weighted by molar-refractivity contribution is 0.0923. The number of halogens is 1. The zero-order chi connectivity index (χ0) is 11.8. The molecule has 0 radical (unpaired) electrons. The Morgan fingerprint density at radius 3 is 2.53 bits per heavy atom. The van der Waals surface area contributed by atoms with Gasteiger partial charge in [0.2, 0.25) is 0 Å². The normalized spacial score (nSPS) is 30.5. The summed E-state index contributed by atoms with van der Waals surface area (Å²) >= 11 is 3.38. The summed E-state index contributed by atoms with van der Waals surface area (Å²) in [7, 11) is 0. The zero-order valence-electron chi connectivity index (χ0n) is 9.66. The molecule has 0 spiro atoms. The number of fused-ring (bicyclic) bond motifs is 2. The first-order valence-electron chi connectivity index (χ1n) is 6.29. The molecule has 0 aromatic heterocycles. The van der Waals surface area contributed by atoms with Crippen molar-refractivity contribution < 1.29 is 4.79 Å². The fourth-order valence-corrected chi connectivity index (χ4v) is 3.54. The van der Waals surface area contributed by atoms with Crippen LogP contribution >= 0.6 is 15.9 Å². The topological polar surface area (TPSA) is 29.1 Å². The van der Waals surface area contributed by atoms with Crippen LogP contribution in [-0.2, 0) is 0 Å². The molecule has 17 heavy (non-hydrogen) atoms. The van der Waals surface area contributed by atoms with E-state index in [1.165, 1.54) is 25.7 Å². The fourth-order valence-electron chi connectivity index (χ4n) is 3.27. The molecule has 2 fully saturated rings. The number of carbonyl (C=O) groups excluding carboxylic acids is 1. The molecule has 0 unspecified atom stereocenters. The number of hydrogen-bond acceptors (Lipinski definition) is 1. The molecule has 1 aromatic rings. The highest BCUT2D eigenvalue weighted by Gasteiger charge is 2.40. The third-order valence-electron chi connectivity index (χ3n) is 4.16. The molecule has 3 atom stereocenters. The summed E-state index contributed by atoms with van der Waals surface area (Å²) in [4.78, 5) is 12.1. The fraction of sp³-hybridized carbons (Fsp3) is 0.500. The number of nitrogens with one attached hydrogen (secondary N) is 1. The summed E-state index contributed by atoms with van der Waals surface area (Å²) < 4.78 is 1.01. The molecule has 2 bridgehead atoms. The summed E-state index contributed by atoms with van der Waals surface area (Å²) in [5.74, 6) is 1.68. The van der Waals surface area contributed by atoms with Gasteiger partial charge in [0.05, 0.1) is 0 Å². The van der Waals surface area contributed by atoms with E-state index in [2.05, 4.69) is 21.2 Å². The van der Waals surface area contributed by atoms with E-state index in [9.17, 15) is 4.79 Å². The second kappa shape index (κ2) is 4.45. The molecule has 3 heteroatoms. The van der Waals surface area contributed by atoms with Crippen LogP contribution in [0.25, 0.3) is 0 Å². The molecule has 0 aliphatic heterocycles. The van der Waals surface area contributed by atoms with Crippen LogP contribution in [-0.4, -0.2) is 11.9 Å². The van der Waals surface area contributed by atoms with Crippen molar-refractivity contribution in [1.29, 1.82) is 0 Å². The number of benzene rings is 1. The van der Waals surface area contributed by atoms with E-state index in [-0.39, 0.29) is 5.91 Å². The maximum absolute atomic E-state index is 12.1. The van der Waals surface area contributed by atoms with Gasteiger partial charge < -0.3 is 5.32 Å². The smallest absolute Gasteiger partial charge is 0.251 e. The van der Waals surface area contributed by atoms with E-state index < -0.39 is 0 Å². The molecule has 90 valence electrons. The van der Waals surface area contributed by atoms with E-state index >= 15 is 0 Å². The molecule has 2 aliphatic rings. The highest BCUT2D eigenvalue weighted by Crippen LogP contribution is 2.44. The van der Waals surface area contributed by atoms with Crippen LogP contribution < -0.4 is 5.32 Å². The SMILES string of the molecule is O=C(N[C@@H]1C[C@H]2CC[C@H]1C2)c1ccc(Br)cc1. The lowest BCUT2D eigenvalue weighted by atomic mass is 9.95. The van der Waals surface area contributed by atoms with Crippen molar-refractivity contribution in [2.24, 2.45) is 11.8 Å². The van der Waals surface area contributed by atoms with Crippen LogP contribution in [0, 0.1) is 11.8 Å². The predicted molar refractivity (Wildman–Crippen MR) is 70.8 cm³/mol. The van der Waals surface area contributed by atoms with Crippen LogP contribution in [0.15, 0.2) is 28.7 Å². The molecule has 1 aromatic carbocycles. The van der Waals surface area contributed by atoms with Crippen LogP contribution in [0.2, 0.25) is 0 Å². The van der Waals surface area contributed by atoms with Crippen molar-refractivity contribution in [2.75, 3.05) is 0 Å². The molecule has 1 amide bonds. The first kappa shape index (κ1) is 11.3. The maximum Gasteiger partial charge on any atom is 0.251 e. The van der Waals surface area contributed by atoms with Crippen molar-refractivity contribution in [3.05, 3.63) is 34.3 Å². The largest absolute Gasteiger partial charge is 0.349 e. The van der Waals surface area contributed by atoms with Gasteiger partial charge >= 0.3 is 0 Å². The van der Waals surface area contributed by atoms with Gasteiger partial charge in [0.1, 0.15) is 0 Å². The number of amides is 1. The van der Waals surface area contributed by atoms with Gasteiger partial charge in [0.25, 0.3) is 5.91 Å². The van der Waals surface area contributed by atoms with Gasteiger partial charge in [-0.15, -0.1) is 0 Å². The highest BCUT2D eigenvalue weighted by atomic mass is 79.9. The average molecular weight is 294 g/mol. The van der Waals surface area contributed by atoms with Crippen LogP contribution in [0.4, 0.5) is 0 Å². The first-order chi connectivity index (χ1) is 8.22. The minimum absolute atomic E-state index is 0.0788. The van der Waals surface area contributed by atoms with E-state index in [4.69, 9.17) is 0 Å². The van der Waals surface area contributed by atoms with Crippen LogP contribution in [0.1, 0.15) is 36.0 Å². The first-order valence-corrected chi connectivity index (χ1v) is 7.08. The lowest BCUT2D eigenvalue weighted by Gasteiger charge is -2.22. The van der Waals surface area contributed by atoms with Gasteiger partial charge in [0, 0.05) is 16.1 Å². The van der Waals surface area contributed by atoms with E-state index in [1.807, 2.05) is 24.3 Å². The quantitative estimate of drug-likeness (QED) is 0.890. The summed E-state index contributed by atoms with van der Waals surface area (Å²) in [5.41, 5.74) is 0.760. The average Bonchev–Trinajstić information content (AvgIpc) is 2.91. The summed E-state index contributed by atoms with van der Waals surface area (Å²) in [6.07, 6.45) is 5.18. The molecule has 2 aliphatic carbocycles. The van der Waals surface area contributed by atoms with Gasteiger partial charge in [-0.05, 0) is 55.4 Å². The molecule has 1 N–H and O–H groups in total. The Morgan fingerprint density at radius 2 is 1.94 bits per heavy atom. The summed E-state index contributed by atoms with van der Waals surface area (Å²) in [5, 5.41) is 3.19. The minimum atomic E-state index is 0.0788. The Balaban J connectivity index is 1.65. The van der Waals surface area contributed by atoms with Crippen molar-refractivity contribution in [2.45, 2.75) is 31.7 Å². The molecular formula is C14H16BrNO. The van der Waals surface area contributed by atoms with Crippen molar-refractivity contribution in [1.82, 2.24) is 5.32 Å². The lowest BCUT2D eigenvalue weighted by Crippen LogP contribution is -2.38. The molecule has 0 heterocycles. The van der Waals surface area contributed by atoms with E-state index in [0.29, 0.717) is 6.04 Å². The molecular weight excluding hydrogens is 278 g/mol. The van der Waals surface area contributed by atoms with Crippen molar-refractivity contribution >= 4 is 21.8 Å². The summed E-state index contributed by atoms with van der Waals surface area (Å²) in [6.45, 7) is 0. The number of carbonyl (C=O) groups is 1.